The van der Waals surface area contributed by atoms with Crippen LogP contribution in [0.2, 0.25) is 0 Å². The van der Waals surface area contributed by atoms with Crippen molar-refractivity contribution in [1.82, 2.24) is 9.55 Å². The first kappa shape index (κ1) is 28.1. The number of aromatic amines is 1. The third kappa shape index (κ3) is 4.26. The highest BCUT2D eigenvalue weighted by Gasteiger charge is 2.65. The number of hydrogen-bond acceptors (Lipinski definition) is 7. The SMILES string of the molecule is COc1ccccc1C(c1ccccc1)(c1ccccc1OC)[C@]1(n2cc(I)c(=O)[nH]c2=O)C[C@H](O)[C@@H](CO)O1. The predicted octanol–water partition coefficient (Wildman–Crippen LogP) is 2.99. The minimum Gasteiger partial charge on any atom is -0.496 e. The van der Waals surface area contributed by atoms with E-state index in [0.717, 1.165) is 0 Å². The fourth-order valence-corrected chi connectivity index (χ4v) is 6.36. The van der Waals surface area contributed by atoms with E-state index in [1.165, 1.54) is 10.8 Å². The van der Waals surface area contributed by atoms with Crippen LogP contribution < -0.4 is 20.7 Å². The number of halogens is 1. The number of benzene rings is 3. The van der Waals surface area contributed by atoms with Crippen LogP contribution in [0, 0.1) is 3.57 Å². The normalized spacial score (nSPS) is 20.8. The average molecular weight is 656 g/mol. The molecule has 1 aromatic heterocycles. The van der Waals surface area contributed by atoms with Gasteiger partial charge in [-0.25, -0.2) is 4.79 Å². The molecule has 0 saturated carbocycles. The Hall–Kier alpha value is -3.45. The maximum absolute atomic E-state index is 13.8. The van der Waals surface area contributed by atoms with Crippen LogP contribution in [0.5, 0.6) is 11.5 Å². The summed E-state index contributed by atoms with van der Waals surface area (Å²) in [5.74, 6) is 0.990. The van der Waals surface area contributed by atoms with Gasteiger partial charge in [-0.3, -0.25) is 14.3 Å². The van der Waals surface area contributed by atoms with Crippen LogP contribution in [0.15, 0.2) is 94.6 Å². The van der Waals surface area contributed by atoms with Gasteiger partial charge in [0.25, 0.3) is 5.56 Å². The summed E-state index contributed by atoms with van der Waals surface area (Å²) < 4.78 is 20.1. The van der Waals surface area contributed by atoms with Crippen molar-refractivity contribution in [3.63, 3.8) is 0 Å². The number of nitrogens with one attached hydrogen (secondary N) is 1. The number of aliphatic hydroxyl groups is 2. The van der Waals surface area contributed by atoms with Gasteiger partial charge in [-0.05, 0) is 40.3 Å². The highest BCUT2D eigenvalue weighted by atomic mass is 127. The van der Waals surface area contributed by atoms with E-state index in [4.69, 9.17) is 14.2 Å². The van der Waals surface area contributed by atoms with E-state index in [-0.39, 0.29) is 9.99 Å². The zero-order valence-corrected chi connectivity index (χ0v) is 24.1. The van der Waals surface area contributed by atoms with Gasteiger partial charge in [0.1, 0.15) is 23.0 Å². The summed E-state index contributed by atoms with van der Waals surface area (Å²) in [6.07, 6.45) is -0.889. The largest absolute Gasteiger partial charge is 0.496 e. The highest BCUT2D eigenvalue weighted by molar-refractivity contribution is 14.1. The fourth-order valence-electron chi connectivity index (χ4n) is 5.94. The number of para-hydroxylation sites is 2. The summed E-state index contributed by atoms with van der Waals surface area (Å²) in [7, 11) is 3.11. The smallest absolute Gasteiger partial charge is 0.330 e. The van der Waals surface area contributed by atoms with Gasteiger partial charge < -0.3 is 24.4 Å². The van der Waals surface area contributed by atoms with Crippen LogP contribution in [0.3, 0.4) is 0 Å². The lowest BCUT2D eigenvalue weighted by Crippen LogP contribution is -2.59. The number of H-pyrrole nitrogens is 1. The van der Waals surface area contributed by atoms with Crippen LogP contribution in [0.4, 0.5) is 0 Å². The Labute approximate surface area is 244 Å². The number of ether oxygens (including phenoxy) is 3. The van der Waals surface area contributed by atoms with Gasteiger partial charge in [-0.2, -0.15) is 0 Å². The predicted molar refractivity (Wildman–Crippen MR) is 157 cm³/mol. The van der Waals surface area contributed by atoms with E-state index in [2.05, 4.69) is 4.98 Å². The second kappa shape index (κ2) is 11.2. The van der Waals surface area contributed by atoms with Gasteiger partial charge in [0, 0.05) is 23.7 Å². The Balaban J connectivity index is 2.09. The Bertz CT molecular complexity index is 1570. The Morgan fingerprint density at radius 1 is 0.975 bits per heavy atom. The van der Waals surface area contributed by atoms with Crippen molar-refractivity contribution in [1.29, 1.82) is 0 Å². The van der Waals surface area contributed by atoms with Crippen LogP contribution in [0.25, 0.3) is 0 Å². The summed E-state index contributed by atoms with van der Waals surface area (Å²) in [6.45, 7) is -0.499. The molecule has 0 unspecified atom stereocenters. The lowest BCUT2D eigenvalue weighted by molar-refractivity contribution is -0.148. The van der Waals surface area contributed by atoms with E-state index in [1.807, 2.05) is 101 Å². The zero-order chi connectivity index (χ0) is 28.5. The molecule has 5 rings (SSSR count). The topological polar surface area (TPSA) is 123 Å². The van der Waals surface area contributed by atoms with Gasteiger partial charge >= 0.3 is 5.69 Å². The lowest BCUT2D eigenvalue weighted by atomic mass is 9.61. The molecule has 9 nitrogen and oxygen atoms in total. The zero-order valence-electron chi connectivity index (χ0n) is 21.9. The van der Waals surface area contributed by atoms with E-state index in [0.29, 0.717) is 28.2 Å². The van der Waals surface area contributed by atoms with Crippen LogP contribution >= 0.6 is 22.6 Å². The molecule has 1 saturated heterocycles. The number of rotatable bonds is 8. The molecule has 2 heterocycles. The van der Waals surface area contributed by atoms with Gasteiger partial charge in [0.2, 0.25) is 0 Å². The fraction of sp³-hybridized carbons (Fsp3) is 0.267. The minimum absolute atomic E-state index is 0.120. The number of nitrogens with zero attached hydrogens (tertiary/aromatic N) is 1. The first-order valence-corrected chi connectivity index (χ1v) is 13.7. The average Bonchev–Trinajstić information content (AvgIpc) is 3.33. The maximum Gasteiger partial charge on any atom is 0.330 e. The molecule has 4 aromatic rings. The summed E-state index contributed by atoms with van der Waals surface area (Å²) in [5, 5.41) is 21.6. The van der Waals surface area contributed by atoms with E-state index in [9.17, 15) is 19.8 Å². The summed E-state index contributed by atoms with van der Waals surface area (Å²) >= 11 is 1.86. The molecule has 0 amide bonds. The molecule has 40 heavy (non-hydrogen) atoms. The Morgan fingerprint density at radius 2 is 1.52 bits per heavy atom. The van der Waals surface area contributed by atoms with E-state index >= 15 is 0 Å². The summed E-state index contributed by atoms with van der Waals surface area (Å²) in [5.41, 5.74) is -2.51. The second-order valence-corrected chi connectivity index (χ2v) is 10.7. The first-order chi connectivity index (χ1) is 19.3. The van der Waals surface area contributed by atoms with E-state index < -0.39 is 41.2 Å². The second-order valence-electron chi connectivity index (χ2n) is 9.52. The Kier molecular flexibility index (Phi) is 7.87. The molecule has 3 N–H and O–H groups in total. The van der Waals surface area contributed by atoms with Gasteiger partial charge in [-0.15, -0.1) is 0 Å². The molecule has 0 spiro atoms. The highest BCUT2D eigenvalue weighted by Crippen LogP contribution is 2.59. The lowest BCUT2D eigenvalue weighted by Gasteiger charge is -2.50. The third-order valence-corrected chi connectivity index (χ3v) is 8.31. The monoisotopic (exact) mass is 656 g/mol. The quantitative estimate of drug-likeness (QED) is 0.197. The molecule has 208 valence electrons. The molecule has 0 radical (unpaired) electrons. The van der Waals surface area contributed by atoms with Crippen molar-refractivity contribution in [3.05, 3.63) is 126 Å². The molecule has 3 atom stereocenters. The number of aromatic nitrogens is 2. The van der Waals surface area contributed by atoms with Gasteiger partial charge in [-0.1, -0.05) is 66.7 Å². The maximum atomic E-state index is 13.8. The van der Waals surface area contributed by atoms with Crippen LogP contribution in [-0.4, -0.2) is 52.8 Å². The summed E-state index contributed by atoms with van der Waals surface area (Å²) in [6, 6.07) is 24.2. The molecule has 1 fully saturated rings. The van der Waals surface area contributed by atoms with Gasteiger partial charge in [0.15, 0.2) is 5.72 Å². The molecule has 1 aliphatic rings. The van der Waals surface area contributed by atoms with Crippen molar-refractivity contribution < 1.29 is 24.4 Å². The minimum atomic E-state index is -1.73. The van der Waals surface area contributed by atoms with Crippen LogP contribution in [-0.2, 0) is 15.9 Å². The van der Waals surface area contributed by atoms with Crippen molar-refractivity contribution in [2.45, 2.75) is 29.8 Å². The van der Waals surface area contributed by atoms with Crippen molar-refractivity contribution >= 4 is 22.6 Å². The third-order valence-electron chi connectivity index (χ3n) is 7.54. The van der Waals surface area contributed by atoms with Crippen molar-refractivity contribution in [2.75, 3.05) is 20.8 Å². The number of hydrogen-bond donors (Lipinski definition) is 3. The summed E-state index contributed by atoms with van der Waals surface area (Å²) in [4.78, 5) is 28.7. The molecule has 3 aromatic carbocycles. The Morgan fingerprint density at radius 3 is 2.05 bits per heavy atom. The van der Waals surface area contributed by atoms with Crippen LogP contribution in [0.1, 0.15) is 23.1 Å². The van der Waals surface area contributed by atoms with Crippen molar-refractivity contribution in [3.8, 4) is 11.5 Å². The first-order valence-electron chi connectivity index (χ1n) is 12.6. The standard InChI is InChI=1S/C30H29IN2O7/c1-38-24-14-8-6-12-20(24)30(19-10-4-3-5-11-19,21-13-7-9-15-25(21)39-2)29(16-23(35)26(18-34)40-29)33-17-22(31)27(36)32-28(33)37/h3-15,17,23,26,34-35H,16,18H2,1-2H3,(H,32,36,37)/t23-,26+,29-/m0/s1. The number of aliphatic hydroxyl groups excluding tert-OH is 2. The molecule has 10 heteroatoms. The molecule has 1 aliphatic heterocycles. The van der Waals surface area contributed by atoms with Crippen molar-refractivity contribution in [2.24, 2.45) is 0 Å². The van der Waals surface area contributed by atoms with Gasteiger partial charge in [0.05, 0.1) is 30.5 Å². The van der Waals surface area contributed by atoms with E-state index in [1.54, 1.807) is 14.2 Å². The number of methoxy groups -OCH3 is 2. The molecule has 0 bridgehead atoms. The molecular formula is C30H29IN2O7. The molecule has 0 aliphatic carbocycles. The molecular weight excluding hydrogens is 627 g/mol.